The van der Waals surface area contributed by atoms with Crippen molar-refractivity contribution in [2.75, 3.05) is 61.0 Å². The summed E-state index contributed by atoms with van der Waals surface area (Å²) in [5.74, 6) is 0.670. The van der Waals surface area contributed by atoms with Crippen LogP contribution in [0, 0.1) is 23.5 Å². The highest BCUT2D eigenvalue weighted by molar-refractivity contribution is 6.13. The zero-order chi connectivity index (χ0) is 57.7. The summed E-state index contributed by atoms with van der Waals surface area (Å²) < 4.78 is 51.4. The van der Waals surface area contributed by atoms with Gasteiger partial charge in [0.1, 0.15) is 52.4 Å². The van der Waals surface area contributed by atoms with Crippen LogP contribution >= 0.6 is 0 Å². The summed E-state index contributed by atoms with van der Waals surface area (Å²) in [6.45, 7) is 10.8. The number of aromatic nitrogens is 1. The zero-order valence-corrected chi connectivity index (χ0v) is 46.7. The molecule has 0 aliphatic heterocycles. The Morgan fingerprint density at radius 2 is 0.988 bits per heavy atom. The molecule has 0 radical (unpaired) electrons. The molecule has 0 spiro atoms. The van der Waals surface area contributed by atoms with Crippen LogP contribution in [-0.4, -0.2) is 94.6 Å². The number of ether oxygens (including phenoxy) is 2. The molecule has 9 rings (SSSR count). The van der Waals surface area contributed by atoms with E-state index in [4.69, 9.17) is 18.3 Å². The number of benzene rings is 6. The summed E-state index contributed by atoms with van der Waals surface area (Å²) in [4.78, 5) is 58.2. The number of hydrogen-bond acceptors (Lipinski definition) is 10. The molecule has 4 amide bonds. The molecule has 16 heteroatoms. The number of hydrogen-bond donors (Lipinski definition) is 4. The molecule has 418 valence electrons. The lowest BCUT2D eigenvalue weighted by molar-refractivity contribution is 0.0940. The molecule has 6 aromatic carbocycles. The number of carbonyl (C=O) groups excluding carboxylic acids is 4. The predicted octanol–water partition coefficient (Wildman–Crippen LogP) is 12.3. The van der Waals surface area contributed by atoms with Crippen molar-refractivity contribution in [2.24, 2.45) is 11.8 Å². The minimum absolute atomic E-state index is 0.183. The van der Waals surface area contributed by atoms with E-state index < -0.39 is 0 Å². The van der Waals surface area contributed by atoms with Crippen LogP contribution in [0.1, 0.15) is 74.7 Å². The third-order valence-electron chi connectivity index (χ3n) is 13.0. The van der Waals surface area contributed by atoms with Crippen molar-refractivity contribution < 1.29 is 46.3 Å². The van der Waals surface area contributed by atoms with Gasteiger partial charge in [-0.25, -0.2) is 8.78 Å². The Bertz CT molecular complexity index is 3670. The first kappa shape index (κ1) is 58.0. The lowest BCUT2D eigenvalue weighted by atomic mass is 9.98. The van der Waals surface area contributed by atoms with Gasteiger partial charge in [0.25, 0.3) is 23.6 Å². The Balaban J connectivity index is 0.000000213. The number of rotatable bonds is 20. The molecule has 0 fully saturated rings. The van der Waals surface area contributed by atoms with Crippen molar-refractivity contribution in [3.8, 4) is 56.4 Å². The largest absolute Gasteiger partial charge is 0.493 e. The second kappa shape index (κ2) is 26.7. The molecule has 0 aliphatic rings. The van der Waals surface area contributed by atoms with Gasteiger partial charge in [-0.2, -0.15) is 0 Å². The quantitative estimate of drug-likeness (QED) is 0.0574. The van der Waals surface area contributed by atoms with Gasteiger partial charge in [0.2, 0.25) is 0 Å². The summed E-state index contributed by atoms with van der Waals surface area (Å²) >= 11 is 0. The number of carbonyl (C=O) groups is 4. The van der Waals surface area contributed by atoms with Gasteiger partial charge in [0, 0.05) is 85.6 Å². The molecule has 0 aliphatic carbocycles. The maximum atomic E-state index is 13.6. The summed E-state index contributed by atoms with van der Waals surface area (Å²) in [5, 5.41) is 12.5. The third kappa shape index (κ3) is 14.8. The van der Waals surface area contributed by atoms with Crippen LogP contribution in [0.2, 0.25) is 0 Å². The summed E-state index contributed by atoms with van der Waals surface area (Å²) in [6, 6.07) is 37.4. The van der Waals surface area contributed by atoms with E-state index in [-0.39, 0.29) is 35.3 Å². The van der Waals surface area contributed by atoms with Crippen LogP contribution < -0.4 is 30.7 Å². The maximum Gasteiger partial charge on any atom is 0.255 e. The van der Waals surface area contributed by atoms with Gasteiger partial charge in [-0.1, -0.05) is 45.9 Å². The van der Waals surface area contributed by atoms with E-state index in [9.17, 15) is 28.0 Å². The summed E-state index contributed by atoms with van der Waals surface area (Å²) in [7, 11) is 7.04. The first-order valence-corrected chi connectivity index (χ1v) is 26.7. The highest BCUT2D eigenvalue weighted by Crippen LogP contribution is 2.39. The van der Waals surface area contributed by atoms with E-state index in [1.54, 1.807) is 75.0 Å². The van der Waals surface area contributed by atoms with E-state index in [0.29, 0.717) is 123 Å². The Kier molecular flexibility index (Phi) is 19.1. The SMILES string of the molecule is CNC(=O)c1c(-c2ccc(F)cc2)oc2ccc(-c3cc(OCCN(C)C)cc(C(=O)NCC(C)C)c3)cc12.CNC(=O)c1c(-c2ccc(F)cc2)oc2ccc(-c3cc(OCCc4cccnc4)cc(C(=O)NCC(C)C)c3)cc12. The fourth-order valence-electron chi connectivity index (χ4n) is 8.80. The third-order valence-corrected chi connectivity index (χ3v) is 13.0. The molecule has 0 bridgehead atoms. The Labute approximate surface area is 469 Å². The second-order valence-electron chi connectivity index (χ2n) is 20.5. The number of amides is 4. The normalized spacial score (nSPS) is 11.2. The molecule has 0 saturated carbocycles. The van der Waals surface area contributed by atoms with Gasteiger partial charge >= 0.3 is 0 Å². The van der Waals surface area contributed by atoms with Gasteiger partial charge in [-0.15, -0.1) is 0 Å². The molecular weight excluding hydrogens is 1030 g/mol. The highest BCUT2D eigenvalue weighted by Gasteiger charge is 2.25. The second-order valence-corrected chi connectivity index (χ2v) is 20.5. The molecule has 81 heavy (non-hydrogen) atoms. The maximum absolute atomic E-state index is 13.6. The van der Waals surface area contributed by atoms with E-state index in [2.05, 4.69) is 26.3 Å². The van der Waals surface area contributed by atoms with Crippen LogP contribution in [0.3, 0.4) is 0 Å². The fourth-order valence-corrected chi connectivity index (χ4v) is 8.80. The lowest BCUT2D eigenvalue weighted by Crippen LogP contribution is -2.27. The predicted molar refractivity (Wildman–Crippen MR) is 313 cm³/mol. The van der Waals surface area contributed by atoms with Crippen molar-refractivity contribution in [1.29, 1.82) is 0 Å². The monoisotopic (exact) mass is 1100 g/mol. The first-order valence-electron chi connectivity index (χ1n) is 26.7. The molecule has 0 unspecified atom stereocenters. The number of nitrogens with one attached hydrogen (secondary N) is 4. The minimum atomic E-state index is -0.380. The molecule has 3 aromatic heterocycles. The van der Waals surface area contributed by atoms with Crippen LogP contribution in [0.15, 0.2) is 155 Å². The van der Waals surface area contributed by atoms with Crippen LogP contribution in [0.5, 0.6) is 11.5 Å². The van der Waals surface area contributed by atoms with Gasteiger partial charge in [-0.3, -0.25) is 24.2 Å². The lowest BCUT2D eigenvalue weighted by Gasteiger charge is -2.14. The standard InChI is InChI=1S/C34H32FN3O4.C31H34FN3O4/c1-21(2)19-38-33(39)26-15-25(16-28(17-26)41-14-12-22-5-4-13-37-20-22)24-8-11-30-29(18-24)31(34(40)36-3)32(42-30)23-6-9-27(35)10-7-23;1-19(2)18-34-30(36)23-14-22(15-25(16-23)38-13-12-35(4)5)21-8-11-27-26(17-21)28(31(37)33-3)29(39-27)20-6-9-24(32)10-7-20/h4-11,13,15-18,20-21H,12,14,19H2,1-3H3,(H,36,40)(H,38,39);6-11,14-17,19H,12-13,18H2,1-5H3,(H,33,37)(H,34,36). The highest BCUT2D eigenvalue weighted by atomic mass is 19.1. The first-order chi connectivity index (χ1) is 39.0. The number of halogens is 2. The Morgan fingerprint density at radius 3 is 1.40 bits per heavy atom. The van der Waals surface area contributed by atoms with E-state index in [1.807, 2.05) is 107 Å². The molecule has 4 N–H and O–H groups in total. The number of pyridine rings is 1. The van der Waals surface area contributed by atoms with Crippen LogP contribution in [-0.2, 0) is 6.42 Å². The average molecular weight is 1100 g/mol. The molecule has 9 aromatic rings. The molecular formula is C65H66F2N6O8. The molecule has 0 atom stereocenters. The minimum Gasteiger partial charge on any atom is -0.493 e. The van der Waals surface area contributed by atoms with Crippen molar-refractivity contribution in [3.05, 3.63) is 185 Å². The van der Waals surface area contributed by atoms with E-state index in [0.717, 1.165) is 34.4 Å². The molecule has 0 saturated heterocycles. The summed E-state index contributed by atoms with van der Waals surface area (Å²) in [5.41, 5.74) is 7.98. The van der Waals surface area contributed by atoms with Gasteiger partial charge in [0.15, 0.2) is 0 Å². The fraction of sp³-hybridized carbons (Fsp3) is 0.246. The van der Waals surface area contributed by atoms with E-state index >= 15 is 0 Å². The zero-order valence-electron chi connectivity index (χ0n) is 46.7. The molecule has 14 nitrogen and oxygen atoms in total. The van der Waals surface area contributed by atoms with E-state index in [1.165, 1.54) is 24.3 Å². The van der Waals surface area contributed by atoms with Gasteiger partial charge in [0.05, 0.1) is 17.7 Å². The molecule has 3 heterocycles. The Hall–Kier alpha value is -9.15. The van der Waals surface area contributed by atoms with Crippen LogP contribution in [0.4, 0.5) is 8.78 Å². The van der Waals surface area contributed by atoms with Crippen molar-refractivity contribution >= 4 is 45.6 Å². The van der Waals surface area contributed by atoms with Crippen LogP contribution in [0.25, 0.3) is 66.8 Å². The summed E-state index contributed by atoms with van der Waals surface area (Å²) in [6.07, 6.45) is 4.19. The number of likely N-dealkylation sites (N-methyl/N-ethyl adjacent to an activating group) is 1. The topological polar surface area (TPSA) is 177 Å². The smallest absolute Gasteiger partial charge is 0.255 e. The Morgan fingerprint density at radius 1 is 0.543 bits per heavy atom. The van der Waals surface area contributed by atoms with Crippen molar-refractivity contribution in [3.63, 3.8) is 0 Å². The average Bonchev–Trinajstić information content (AvgIpc) is 4.22. The van der Waals surface area contributed by atoms with Crippen molar-refractivity contribution in [2.45, 2.75) is 34.1 Å². The number of furan rings is 2. The number of fused-ring (bicyclic) bond motifs is 2. The number of nitrogens with zero attached hydrogens (tertiary/aromatic N) is 2. The van der Waals surface area contributed by atoms with Gasteiger partial charge < -0.3 is 44.5 Å². The van der Waals surface area contributed by atoms with Gasteiger partial charge in [-0.05, 0) is 169 Å². The van der Waals surface area contributed by atoms with Crippen molar-refractivity contribution in [1.82, 2.24) is 31.2 Å².